The minimum Gasteiger partial charge on any atom is -0.396 e. The molecule has 12 unspecified atom stereocenters. The number of rotatable bonds is 6. The molecular formula is C33H51NO5. The molecule has 1 heterocycles. The Balaban J connectivity index is 1.54. The summed E-state index contributed by atoms with van der Waals surface area (Å²) in [6.07, 6.45) is 5.05. The van der Waals surface area contributed by atoms with Crippen LogP contribution < -0.4 is 0 Å². The fourth-order valence-corrected chi connectivity index (χ4v) is 10.6. The van der Waals surface area contributed by atoms with Crippen LogP contribution in [0.3, 0.4) is 0 Å². The number of hydrogen-bond donors (Lipinski definition) is 1. The molecule has 5 aliphatic carbocycles. The van der Waals surface area contributed by atoms with Crippen LogP contribution in [0.25, 0.3) is 0 Å². The Morgan fingerprint density at radius 1 is 0.821 bits per heavy atom. The van der Waals surface area contributed by atoms with Gasteiger partial charge in [-0.3, -0.25) is 24.1 Å². The van der Waals surface area contributed by atoms with Crippen LogP contribution in [0, 0.1) is 76.4 Å². The molecular weight excluding hydrogens is 490 g/mol. The summed E-state index contributed by atoms with van der Waals surface area (Å²) in [5.41, 5.74) is -0.954. The number of carbonyl (C=O) groups excluding carboxylic acids is 4. The van der Waals surface area contributed by atoms with Gasteiger partial charge in [0.05, 0.1) is 5.92 Å². The van der Waals surface area contributed by atoms with E-state index in [9.17, 15) is 24.3 Å². The number of nitrogens with zero attached hydrogens (tertiary/aromatic N) is 1. The van der Waals surface area contributed by atoms with E-state index in [-0.39, 0.29) is 78.0 Å². The highest BCUT2D eigenvalue weighted by molar-refractivity contribution is 6.05. The summed E-state index contributed by atoms with van der Waals surface area (Å²) in [5.74, 6) is 2.20. The highest BCUT2D eigenvalue weighted by Crippen LogP contribution is 2.67. The van der Waals surface area contributed by atoms with Crippen LogP contribution in [0.1, 0.15) is 93.9 Å². The monoisotopic (exact) mass is 541 g/mol. The lowest BCUT2D eigenvalue weighted by atomic mass is 9.45. The first-order valence-corrected chi connectivity index (χ1v) is 15.6. The van der Waals surface area contributed by atoms with Crippen molar-refractivity contribution in [2.75, 3.05) is 6.61 Å². The van der Waals surface area contributed by atoms with E-state index in [0.29, 0.717) is 29.5 Å². The zero-order valence-electron chi connectivity index (χ0n) is 25.4. The van der Waals surface area contributed by atoms with E-state index >= 15 is 0 Å². The maximum atomic E-state index is 14.1. The van der Waals surface area contributed by atoms with Gasteiger partial charge in [-0.15, -0.1) is 0 Å². The highest BCUT2D eigenvalue weighted by Gasteiger charge is 2.65. The zero-order chi connectivity index (χ0) is 28.8. The predicted molar refractivity (Wildman–Crippen MR) is 149 cm³/mol. The molecule has 6 nitrogen and oxygen atoms in total. The third-order valence-corrected chi connectivity index (χ3v) is 11.9. The van der Waals surface area contributed by atoms with E-state index in [0.717, 1.165) is 32.1 Å². The van der Waals surface area contributed by atoms with Gasteiger partial charge in [-0.2, -0.15) is 0 Å². The van der Waals surface area contributed by atoms with Crippen LogP contribution in [-0.2, 0) is 19.2 Å². The molecule has 6 fully saturated rings. The summed E-state index contributed by atoms with van der Waals surface area (Å²) >= 11 is 0. The third kappa shape index (κ3) is 4.46. The van der Waals surface area contributed by atoms with E-state index in [1.54, 1.807) is 0 Å². The fourth-order valence-electron chi connectivity index (χ4n) is 10.6. The van der Waals surface area contributed by atoms with E-state index in [1.807, 2.05) is 48.5 Å². The molecule has 0 aromatic carbocycles. The SMILES string of the molecule is CC1C(=O)N(C(C)(C)C)C(=O)C1C1C2CCC(C(C(=O)C(C)(C)C)C2)C1C1C2CC(C(=O)CCO)C(C2)C1C. The number of ketones is 2. The minimum absolute atomic E-state index is 0.00643. The average Bonchev–Trinajstić information content (AvgIpc) is 3.47. The molecule has 12 atom stereocenters. The Morgan fingerprint density at radius 2 is 1.46 bits per heavy atom. The quantitative estimate of drug-likeness (QED) is 0.469. The van der Waals surface area contributed by atoms with Gasteiger partial charge in [-0.1, -0.05) is 34.6 Å². The van der Waals surface area contributed by atoms with Crippen molar-refractivity contribution < 1.29 is 24.3 Å². The zero-order valence-corrected chi connectivity index (χ0v) is 25.4. The number of likely N-dealkylation sites (tertiary alicyclic amines) is 1. The Hall–Kier alpha value is -1.56. The minimum atomic E-state index is -0.550. The van der Waals surface area contributed by atoms with Gasteiger partial charge < -0.3 is 5.11 Å². The van der Waals surface area contributed by atoms with Crippen LogP contribution in [0.2, 0.25) is 0 Å². The van der Waals surface area contributed by atoms with Crippen LogP contribution in [-0.4, -0.2) is 45.5 Å². The Labute approximate surface area is 235 Å². The van der Waals surface area contributed by atoms with E-state index in [1.165, 1.54) is 4.90 Å². The summed E-state index contributed by atoms with van der Waals surface area (Å²) in [7, 11) is 0. The molecule has 1 saturated heterocycles. The number of hydrogen-bond acceptors (Lipinski definition) is 5. The number of aliphatic hydroxyl groups excluding tert-OH is 1. The van der Waals surface area contributed by atoms with Crippen LogP contribution in [0.15, 0.2) is 0 Å². The molecule has 2 amide bonds. The van der Waals surface area contributed by atoms with Crippen molar-refractivity contribution in [2.24, 2.45) is 76.4 Å². The molecule has 39 heavy (non-hydrogen) atoms. The van der Waals surface area contributed by atoms with Crippen molar-refractivity contribution in [3.8, 4) is 0 Å². The second-order valence-electron chi connectivity index (χ2n) is 16.0. The lowest BCUT2D eigenvalue weighted by Gasteiger charge is -2.58. The Kier molecular flexibility index (Phi) is 7.25. The van der Waals surface area contributed by atoms with Gasteiger partial charge in [0.2, 0.25) is 11.8 Å². The first kappa shape index (κ1) is 29.0. The van der Waals surface area contributed by atoms with Crippen molar-refractivity contribution in [1.82, 2.24) is 4.90 Å². The van der Waals surface area contributed by atoms with Gasteiger partial charge in [0, 0.05) is 41.7 Å². The number of aliphatic hydroxyl groups is 1. The molecule has 6 aliphatic rings. The summed E-state index contributed by atoms with van der Waals surface area (Å²) in [4.78, 5) is 55.9. The summed E-state index contributed by atoms with van der Waals surface area (Å²) in [6, 6.07) is 0. The Morgan fingerprint density at radius 3 is 2.00 bits per heavy atom. The standard InChI is InChI=1S/C33H51NO5/c1-16-21-14-19(15-22(21)24(36)11-12-35)25(16)28-20-10-9-18(13-23(20)29(37)32(3,4)5)27(28)26-17(2)30(38)34(31(26)39)33(6,7)8/h16-23,25-28,35H,9-15H2,1-8H3. The number of carbonyl (C=O) groups is 4. The van der Waals surface area contributed by atoms with Gasteiger partial charge in [-0.25, -0.2) is 0 Å². The van der Waals surface area contributed by atoms with Crippen LogP contribution in [0.4, 0.5) is 0 Å². The van der Waals surface area contributed by atoms with Gasteiger partial charge in [0.25, 0.3) is 0 Å². The smallest absolute Gasteiger partial charge is 0.233 e. The lowest BCUT2D eigenvalue weighted by Crippen LogP contribution is -2.57. The first-order chi connectivity index (χ1) is 18.1. The largest absolute Gasteiger partial charge is 0.396 e. The number of imide groups is 1. The van der Waals surface area contributed by atoms with Crippen LogP contribution >= 0.6 is 0 Å². The third-order valence-electron chi connectivity index (χ3n) is 11.9. The number of Topliss-reactive ketones (excluding diaryl/α,β-unsaturated/α-hetero) is 2. The normalized spacial score (nSPS) is 44.0. The van der Waals surface area contributed by atoms with E-state index in [4.69, 9.17) is 0 Å². The van der Waals surface area contributed by atoms with Crippen molar-refractivity contribution in [1.29, 1.82) is 0 Å². The van der Waals surface area contributed by atoms with Crippen molar-refractivity contribution >= 4 is 23.4 Å². The molecule has 1 N–H and O–H groups in total. The van der Waals surface area contributed by atoms with Gasteiger partial charge >= 0.3 is 0 Å². The molecule has 6 heteroatoms. The van der Waals surface area contributed by atoms with Crippen molar-refractivity contribution in [3.05, 3.63) is 0 Å². The second-order valence-corrected chi connectivity index (χ2v) is 16.0. The number of amides is 2. The second kappa shape index (κ2) is 9.77. The average molecular weight is 542 g/mol. The topological polar surface area (TPSA) is 91.8 Å². The fraction of sp³-hybridized carbons (Fsp3) is 0.879. The van der Waals surface area contributed by atoms with Gasteiger partial charge in [0.15, 0.2) is 0 Å². The summed E-state index contributed by atoms with van der Waals surface area (Å²) in [6.45, 7) is 16.1. The van der Waals surface area contributed by atoms with E-state index in [2.05, 4.69) is 6.92 Å². The van der Waals surface area contributed by atoms with Crippen molar-refractivity contribution in [3.63, 3.8) is 0 Å². The molecule has 0 radical (unpaired) electrons. The van der Waals surface area contributed by atoms with Gasteiger partial charge in [0.1, 0.15) is 11.6 Å². The maximum Gasteiger partial charge on any atom is 0.233 e. The highest BCUT2D eigenvalue weighted by atomic mass is 16.3. The van der Waals surface area contributed by atoms with Crippen LogP contribution in [0.5, 0.6) is 0 Å². The number of fused-ring (bicyclic) bond motifs is 5. The van der Waals surface area contributed by atoms with Crippen molar-refractivity contribution in [2.45, 2.75) is 99.5 Å². The molecule has 0 aromatic rings. The summed E-state index contributed by atoms with van der Waals surface area (Å²) < 4.78 is 0. The Bertz CT molecular complexity index is 1030. The lowest BCUT2D eigenvalue weighted by molar-refractivity contribution is -0.156. The first-order valence-electron chi connectivity index (χ1n) is 15.6. The predicted octanol–water partition coefficient (Wildman–Crippen LogP) is 5.16. The van der Waals surface area contributed by atoms with E-state index < -0.39 is 11.0 Å². The molecule has 6 rings (SSSR count). The molecule has 0 spiro atoms. The maximum absolute atomic E-state index is 14.1. The molecule has 4 bridgehead atoms. The summed E-state index contributed by atoms with van der Waals surface area (Å²) in [5, 5.41) is 9.40. The molecule has 0 aromatic heterocycles. The molecule has 5 saturated carbocycles. The van der Waals surface area contributed by atoms with Gasteiger partial charge in [-0.05, 0) is 100 Å². The molecule has 1 aliphatic heterocycles. The molecule has 218 valence electrons.